The Kier molecular flexibility index (Phi) is 2.67. The molecule has 2 nitrogen and oxygen atoms in total. The highest BCUT2D eigenvalue weighted by atomic mass is 35.5. The van der Waals surface area contributed by atoms with Crippen LogP contribution in [-0.4, -0.2) is 11.0 Å². The average Bonchev–Trinajstić information content (AvgIpc) is 2.26. The van der Waals surface area contributed by atoms with Gasteiger partial charge in [-0.2, -0.15) is 0 Å². The minimum Gasteiger partial charge on any atom is -0.380 e. The fourth-order valence-corrected chi connectivity index (χ4v) is 2.73. The third-order valence-corrected chi connectivity index (χ3v) is 3.62. The summed E-state index contributed by atoms with van der Waals surface area (Å²) in [4.78, 5) is 4.43. The zero-order valence-electron chi connectivity index (χ0n) is 9.78. The van der Waals surface area contributed by atoms with Gasteiger partial charge in [-0.05, 0) is 37.0 Å². The van der Waals surface area contributed by atoms with Crippen molar-refractivity contribution in [3.05, 3.63) is 35.5 Å². The number of benzene rings is 1. The van der Waals surface area contributed by atoms with E-state index in [1.165, 1.54) is 12.8 Å². The molecule has 0 radical (unpaired) electrons. The molecule has 1 N–H and O–H groups in total. The molecule has 1 heterocycles. The molecule has 1 saturated carbocycles. The van der Waals surface area contributed by atoms with Crippen LogP contribution in [0.15, 0.2) is 30.5 Å². The first-order valence-electron chi connectivity index (χ1n) is 6.03. The Hall–Kier alpha value is -1.28. The first kappa shape index (κ1) is 10.8. The van der Waals surface area contributed by atoms with Gasteiger partial charge in [-0.1, -0.05) is 24.6 Å². The fraction of sp³-hybridized carbons (Fsp3) is 0.357. The van der Waals surface area contributed by atoms with E-state index < -0.39 is 0 Å². The second-order valence-electron chi connectivity index (χ2n) is 4.95. The Balaban J connectivity index is 1.97. The summed E-state index contributed by atoms with van der Waals surface area (Å²) in [5.41, 5.74) is 2.07. The molecule has 17 heavy (non-hydrogen) atoms. The minimum absolute atomic E-state index is 0.577. The van der Waals surface area contributed by atoms with E-state index in [1.54, 1.807) is 0 Å². The number of hydrogen-bond acceptors (Lipinski definition) is 2. The molecule has 1 aromatic heterocycles. The van der Waals surface area contributed by atoms with Crippen LogP contribution in [0.25, 0.3) is 10.9 Å². The van der Waals surface area contributed by atoms with Crippen LogP contribution in [0.4, 0.5) is 5.69 Å². The summed E-state index contributed by atoms with van der Waals surface area (Å²) in [6.07, 6.45) is 4.30. The van der Waals surface area contributed by atoms with E-state index in [-0.39, 0.29) is 0 Å². The van der Waals surface area contributed by atoms with E-state index in [9.17, 15) is 0 Å². The standard InChI is InChI=1S/C14H15ClN2/c1-9-5-12(6-9)17-13-8-11(15)7-10-3-2-4-16-14(10)13/h2-4,7-9,12,17H,5-6H2,1H3. The van der Waals surface area contributed by atoms with Crippen molar-refractivity contribution in [3.63, 3.8) is 0 Å². The van der Waals surface area contributed by atoms with Crippen molar-refractivity contribution in [2.24, 2.45) is 5.92 Å². The molecule has 0 unspecified atom stereocenters. The number of nitrogens with one attached hydrogen (secondary N) is 1. The van der Waals surface area contributed by atoms with Gasteiger partial charge in [-0.3, -0.25) is 4.98 Å². The number of pyridine rings is 1. The highest BCUT2D eigenvalue weighted by Gasteiger charge is 2.25. The lowest BCUT2D eigenvalue weighted by atomic mass is 9.82. The normalized spacial score (nSPS) is 23.4. The van der Waals surface area contributed by atoms with E-state index in [0.29, 0.717) is 6.04 Å². The molecule has 88 valence electrons. The topological polar surface area (TPSA) is 24.9 Å². The van der Waals surface area contributed by atoms with E-state index in [0.717, 1.165) is 27.5 Å². The Morgan fingerprint density at radius 2 is 2.18 bits per heavy atom. The third kappa shape index (κ3) is 2.09. The van der Waals surface area contributed by atoms with Crippen molar-refractivity contribution in [2.75, 3.05) is 5.32 Å². The van der Waals surface area contributed by atoms with Gasteiger partial charge in [0.25, 0.3) is 0 Å². The van der Waals surface area contributed by atoms with Crippen molar-refractivity contribution in [2.45, 2.75) is 25.8 Å². The third-order valence-electron chi connectivity index (χ3n) is 3.40. The second kappa shape index (κ2) is 4.19. The molecule has 2 aromatic rings. The Labute approximate surface area is 106 Å². The number of aromatic nitrogens is 1. The molecular weight excluding hydrogens is 232 g/mol. The molecule has 3 rings (SSSR count). The summed E-state index contributed by atoms with van der Waals surface area (Å²) in [5, 5.41) is 5.40. The van der Waals surface area contributed by atoms with Gasteiger partial charge in [0.1, 0.15) is 0 Å². The molecule has 0 atom stereocenters. The van der Waals surface area contributed by atoms with Crippen molar-refractivity contribution in [1.29, 1.82) is 0 Å². The Bertz CT molecular complexity index is 547. The lowest BCUT2D eigenvalue weighted by molar-refractivity contribution is 0.309. The van der Waals surface area contributed by atoms with Crippen molar-refractivity contribution in [3.8, 4) is 0 Å². The maximum atomic E-state index is 6.13. The van der Waals surface area contributed by atoms with E-state index in [4.69, 9.17) is 11.6 Å². The van der Waals surface area contributed by atoms with Crippen LogP contribution in [0.2, 0.25) is 5.02 Å². The molecule has 3 heteroatoms. The summed E-state index contributed by atoms with van der Waals surface area (Å²) < 4.78 is 0. The number of nitrogens with zero attached hydrogens (tertiary/aromatic N) is 1. The fourth-order valence-electron chi connectivity index (χ4n) is 2.51. The largest absolute Gasteiger partial charge is 0.380 e. The molecule has 0 amide bonds. The van der Waals surface area contributed by atoms with Crippen molar-refractivity contribution in [1.82, 2.24) is 4.98 Å². The molecule has 1 fully saturated rings. The monoisotopic (exact) mass is 246 g/mol. The van der Waals surface area contributed by atoms with Crippen LogP contribution in [-0.2, 0) is 0 Å². The van der Waals surface area contributed by atoms with Gasteiger partial charge in [0.2, 0.25) is 0 Å². The number of halogens is 1. The van der Waals surface area contributed by atoms with Crippen LogP contribution in [0.3, 0.4) is 0 Å². The lowest BCUT2D eigenvalue weighted by Gasteiger charge is -2.34. The first-order chi connectivity index (χ1) is 8.22. The van der Waals surface area contributed by atoms with Gasteiger partial charge in [0.15, 0.2) is 0 Å². The number of hydrogen-bond donors (Lipinski definition) is 1. The molecule has 0 bridgehead atoms. The number of rotatable bonds is 2. The van der Waals surface area contributed by atoms with Crippen molar-refractivity contribution >= 4 is 28.2 Å². The number of anilines is 1. The zero-order valence-corrected chi connectivity index (χ0v) is 10.5. The predicted molar refractivity (Wildman–Crippen MR) is 72.6 cm³/mol. The molecule has 0 aliphatic heterocycles. The van der Waals surface area contributed by atoms with Crippen LogP contribution in [0.5, 0.6) is 0 Å². The predicted octanol–water partition coefficient (Wildman–Crippen LogP) is 4.10. The smallest absolute Gasteiger partial charge is 0.0934 e. The summed E-state index contributed by atoms with van der Waals surface area (Å²) >= 11 is 6.13. The summed E-state index contributed by atoms with van der Waals surface area (Å²) in [7, 11) is 0. The van der Waals surface area contributed by atoms with Crippen LogP contribution < -0.4 is 5.32 Å². The molecule has 0 saturated heterocycles. The SMILES string of the molecule is CC1CC(Nc2cc(Cl)cc3cccnc23)C1. The lowest BCUT2D eigenvalue weighted by Crippen LogP contribution is -2.33. The summed E-state index contributed by atoms with van der Waals surface area (Å²) in [5.74, 6) is 0.839. The van der Waals surface area contributed by atoms with Gasteiger partial charge >= 0.3 is 0 Å². The van der Waals surface area contributed by atoms with Crippen LogP contribution >= 0.6 is 11.6 Å². The number of fused-ring (bicyclic) bond motifs is 1. The summed E-state index contributed by atoms with van der Waals surface area (Å²) in [6.45, 7) is 2.28. The van der Waals surface area contributed by atoms with Gasteiger partial charge in [-0.25, -0.2) is 0 Å². The van der Waals surface area contributed by atoms with Gasteiger partial charge in [0, 0.05) is 22.6 Å². The Morgan fingerprint density at radius 1 is 1.35 bits per heavy atom. The van der Waals surface area contributed by atoms with Gasteiger partial charge in [-0.15, -0.1) is 0 Å². The molecule has 1 aliphatic rings. The average molecular weight is 247 g/mol. The highest BCUT2D eigenvalue weighted by molar-refractivity contribution is 6.31. The zero-order chi connectivity index (χ0) is 11.8. The van der Waals surface area contributed by atoms with Crippen LogP contribution in [0, 0.1) is 5.92 Å². The maximum absolute atomic E-state index is 6.13. The van der Waals surface area contributed by atoms with E-state index >= 15 is 0 Å². The van der Waals surface area contributed by atoms with Gasteiger partial charge < -0.3 is 5.32 Å². The summed E-state index contributed by atoms with van der Waals surface area (Å²) in [6, 6.07) is 8.49. The second-order valence-corrected chi connectivity index (χ2v) is 5.38. The van der Waals surface area contributed by atoms with E-state index in [1.807, 2.05) is 30.5 Å². The van der Waals surface area contributed by atoms with Gasteiger partial charge in [0.05, 0.1) is 11.2 Å². The van der Waals surface area contributed by atoms with E-state index in [2.05, 4.69) is 17.2 Å². The molecule has 1 aliphatic carbocycles. The molecule has 0 spiro atoms. The Morgan fingerprint density at radius 3 is 2.94 bits per heavy atom. The minimum atomic E-state index is 0.577. The quantitative estimate of drug-likeness (QED) is 0.863. The maximum Gasteiger partial charge on any atom is 0.0934 e. The van der Waals surface area contributed by atoms with Crippen molar-refractivity contribution < 1.29 is 0 Å². The highest BCUT2D eigenvalue weighted by Crippen LogP contribution is 2.33. The first-order valence-corrected chi connectivity index (χ1v) is 6.41. The van der Waals surface area contributed by atoms with Crippen LogP contribution in [0.1, 0.15) is 19.8 Å². The molecule has 1 aromatic carbocycles. The molecular formula is C14H15ClN2.